The highest BCUT2D eigenvalue weighted by Crippen LogP contribution is 2.30. The van der Waals surface area contributed by atoms with Crippen molar-refractivity contribution in [3.05, 3.63) is 12.4 Å². The molecule has 1 aromatic heterocycles. The zero-order chi connectivity index (χ0) is 12.5. The van der Waals surface area contributed by atoms with E-state index in [1.165, 1.54) is 0 Å². The van der Waals surface area contributed by atoms with Crippen molar-refractivity contribution in [1.29, 1.82) is 0 Å². The Balaban J connectivity index is 1.72. The molecule has 2 fully saturated rings. The predicted molar refractivity (Wildman–Crippen MR) is 69.9 cm³/mol. The SMILES string of the molecule is CC(C)Oc1cc(N2CC3CNCC3C2)ncn1. The molecule has 1 aromatic rings. The third-order valence-corrected chi connectivity index (χ3v) is 3.70. The van der Waals surface area contributed by atoms with Crippen LogP contribution in [0.5, 0.6) is 5.88 Å². The number of fused-ring (bicyclic) bond motifs is 1. The normalized spacial score (nSPS) is 26.7. The lowest BCUT2D eigenvalue weighted by molar-refractivity contribution is 0.232. The minimum atomic E-state index is 0.148. The topological polar surface area (TPSA) is 50.3 Å². The van der Waals surface area contributed by atoms with Crippen LogP contribution >= 0.6 is 0 Å². The van der Waals surface area contributed by atoms with Gasteiger partial charge >= 0.3 is 0 Å². The fraction of sp³-hybridized carbons (Fsp3) is 0.692. The largest absolute Gasteiger partial charge is 0.475 e. The van der Waals surface area contributed by atoms with E-state index in [0.29, 0.717) is 5.88 Å². The molecule has 0 radical (unpaired) electrons. The highest BCUT2D eigenvalue weighted by atomic mass is 16.5. The third kappa shape index (κ3) is 2.27. The van der Waals surface area contributed by atoms with E-state index < -0.39 is 0 Å². The predicted octanol–water partition coefficient (Wildman–Crippen LogP) is 0.919. The molecule has 5 heteroatoms. The van der Waals surface area contributed by atoms with E-state index in [9.17, 15) is 0 Å². The van der Waals surface area contributed by atoms with Crippen LogP contribution in [0.4, 0.5) is 5.82 Å². The van der Waals surface area contributed by atoms with E-state index in [0.717, 1.165) is 43.8 Å². The van der Waals surface area contributed by atoms with Gasteiger partial charge in [-0.2, -0.15) is 0 Å². The van der Waals surface area contributed by atoms with Gasteiger partial charge in [-0.05, 0) is 25.7 Å². The first-order valence-electron chi connectivity index (χ1n) is 6.66. The van der Waals surface area contributed by atoms with E-state index in [1.807, 2.05) is 19.9 Å². The van der Waals surface area contributed by atoms with Crippen LogP contribution in [-0.4, -0.2) is 42.3 Å². The first kappa shape index (κ1) is 11.7. The van der Waals surface area contributed by atoms with E-state index >= 15 is 0 Å². The molecule has 18 heavy (non-hydrogen) atoms. The molecule has 1 N–H and O–H groups in total. The number of hydrogen-bond acceptors (Lipinski definition) is 5. The smallest absolute Gasteiger partial charge is 0.218 e. The summed E-state index contributed by atoms with van der Waals surface area (Å²) in [6.45, 7) is 8.48. The summed E-state index contributed by atoms with van der Waals surface area (Å²) < 4.78 is 5.62. The minimum absolute atomic E-state index is 0.148. The lowest BCUT2D eigenvalue weighted by Gasteiger charge is -2.19. The zero-order valence-electron chi connectivity index (χ0n) is 11.0. The average Bonchev–Trinajstić information content (AvgIpc) is 2.88. The minimum Gasteiger partial charge on any atom is -0.475 e. The molecular formula is C13H20N4O. The molecule has 0 amide bonds. The van der Waals surface area contributed by atoms with Crippen LogP contribution < -0.4 is 15.0 Å². The number of nitrogens with one attached hydrogen (secondary N) is 1. The number of rotatable bonds is 3. The molecule has 2 aliphatic heterocycles. The molecule has 2 atom stereocenters. The molecule has 5 nitrogen and oxygen atoms in total. The number of nitrogens with zero attached hydrogens (tertiary/aromatic N) is 3. The average molecular weight is 248 g/mol. The van der Waals surface area contributed by atoms with E-state index in [-0.39, 0.29) is 6.10 Å². The Labute approximate surface area is 108 Å². The van der Waals surface area contributed by atoms with Gasteiger partial charge in [-0.1, -0.05) is 0 Å². The molecule has 2 aliphatic rings. The van der Waals surface area contributed by atoms with E-state index in [2.05, 4.69) is 20.2 Å². The van der Waals surface area contributed by atoms with Crippen LogP contribution in [0, 0.1) is 11.8 Å². The second kappa shape index (κ2) is 4.72. The fourth-order valence-corrected chi connectivity index (χ4v) is 2.85. The summed E-state index contributed by atoms with van der Waals surface area (Å²) in [5.41, 5.74) is 0. The van der Waals surface area contributed by atoms with Gasteiger partial charge in [-0.15, -0.1) is 0 Å². The van der Waals surface area contributed by atoms with Gasteiger partial charge in [0.25, 0.3) is 0 Å². The zero-order valence-corrected chi connectivity index (χ0v) is 11.0. The standard InChI is InChI=1S/C13H20N4O/c1-9(2)18-13-3-12(15-8-16-13)17-6-10-4-14-5-11(10)7-17/h3,8-11,14H,4-7H2,1-2H3. The third-order valence-electron chi connectivity index (χ3n) is 3.70. The van der Waals surface area contributed by atoms with Gasteiger partial charge in [0, 0.05) is 32.2 Å². The molecule has 2 unspecified atom stereocenters. The van der Waals surface area contributed by atoms with E-state index in [4.69, 9.17) is 4.74 Å². The van der Waals surface area contributed by atoms with Crippen molar-refractivity contribution in [2.45, 2.75) is 20.0 Å². The monoisotopic (exact) mass is 248 g/mol. The van der Waals surface area contributed by atoms with Gasteiger partial charge < -0.3 is 15.0 Å². The summed E-state index contributed by atoms with van der Waals surface area (Å²) in [5, 5.41) is 3.45. The Kier molecular flexibility index (Phi) is 3.07. The lowest BCUT2D eigenvalue weighted by Crippen LogP contribution is -2.26. The van der Waals surface area contributed by atoms with Crippen LogP contribution in [0.25, 0.3) is 0 Å². The van der Waals surface area contributed by atoms with Gasteiger partial charge in [0.2, 0.25) is 5.88 Å². The fourth-order valence-electron chi connectivity index (χ4n) is 2.85. The van der Waals surface area contributed by atoms with Crippen molar-refractivity contribution in [2.75, 3.05) is 31.1 Å². The van der Waals surface area contributed by atoms with Crippen molar-refractivity contribution in [3.63, 3.8) is 0 Å². The Bertz CT molecular complexity index is 411. The maximum Gasteiger partial charge on any atom is 0.218 e. The summed E-state index contributed by atoms with van der Waals surface area (Å²) in [6, 6.07) is 1.95. The quantitative estimate of drug-likeness (QED) is 0.862. The summed E-state index contributed by atoms with van der Waals surface area (Å²) >= 11 is 0. The maximum absolute atomic E-state index is 5.62. The Morgan fingerprint density at radius 1 is 1.28 bits per heavy atom. The van der Waals surface area contributed by atoms with Crippen molar-refractivity contribution in [1.82, 2.24) is 15.3 Å². The molecule has 0 saturated carbocycles. The van der Waals surface area contributed by atoms with Crippen LogP contribution in [0.15, 0.2) is 12.4 Å². The van der Waals surface area contributed by atoms with Crippen molar-refractivity contribution in [2.24, 2.45) is 11.8 Å². The number of aromatic nitrogens is 2. The van der Waals surface area contributed by atoms with Crippen molar-refractivity contribution >= 4 is 5.82 Å². The molecule has 3 rings (SSSR count). The Morgan fingerprint density at radius 3 is 2.67 bits per heavy atom. The molecule has 0 spiro atoms. The lowest BCUT2D eigenvalue weighted by atomic mass is 10.0. The second-order valence-electron chi connectivity index (χ2n) is 5.46. The highest BCUT2D eigenvalue weighted by molar-refractivity contribution is 5.42. The molecular weight excluding hydrogens is 228 g/mol. The van der Waals surface area contributed by atoms with Crippen molar-refractivity contribution < 1.29 is 4.74 Å². The summed E-state index contributed by atoms with van der Waals surface area (Å²) in [5.74, 6) is 3.21. The summed E-state index contributed by atoms with van der Waals surface area (Å²) in [4.78, 5) is 10.9. The van der Waals surface area contributed by atoms with Crippen molar-refractivity contribution in [3.8, 4) is 5.88 Å². The molecule has 98 valence electrons. The molecule has 0 aliphatic carbocycles. The molecule has 0 aromatic carbocycles. The number of ether oxygens (including phenoxy) is 1. The van der Waals surface area contributed by atoms with Gasteiger partial charge in [-0.3, -0.25) is 0 Å². The first-order chi connectivity index (χ1) is 8.72. The van der Waals surface area contributed by atoms with Crippen LogP contribution in [0.2, 0.25) is 0 Å². The molecule has 2 saturated heterocycles. The van der Waals surface area contributed by atoms with Gasteiger partial charge in [0.1, 0.15) is 12.1 Å². The van der Waals surface area contributed by atoms with Gasteiger partial charge in [-0.25, -0.2) is 9.97 Å². The van der Waals surface area contributed by atoms with Crippen LogP contribution in [0.1, 0.15) is 13.8 Å². The summed E-state index contributed by atoms with van der Waals surface area (Å²) in [7, 11) is 0. The summed E-state index contributed by atoms with van der Waals surface area (Å²) in [6.07, 6.45) is 1.74. The van der Waals surface area contributed by atoms with Gasteiger partial charge in [0.05, 0.1) is 6.10 Å². The Hall–Kier alpha value is -1.36. The number of anilines is 1. The van der Waals surface area contributed by atoms with Gasteiger partial charge in [0.15, 0.2) is 0 Å². The molecule has 3 heterocycles. The maximum atomic E-state index is 5.62. The number of hydrogen-bond donors (Lipinski definition) is 1. The second-order valence-corrected chi connectivity index (χ2v) is 5.46. The Morgan fingerprint density at radius 2 is 2.00 bits per heavy atom. The first-order valence-corrected chi connectivity index (χ1v) is 6.66. The molecule has 0 bridgehead atoms. The highest BCUT2D eigenvalue weighted by Gasteiger charge is 2.36. The van der Waals surface area contributed by atoms with Crippen LogP contribution in [0.3, 0.4) is 0 Å². The van der Waals surface area contributed by atoms with Crippen LogP contribution in [-0.2, 0) is 0 Å². The van der Waals surface area contributed by atoms with E-state index in [1.54, 1.807) is 6.33 Å².